The van der Waals surface area contributed by atoms with Gasteiger partial charge in [0.2, 0.25) is 0 Å². The summed E-state index contributed by atoms with van der Waals surface area (Å²) in [6.07, 6.45) is 0.851. The summed E-state index contributed by atoms with van der Waals surface area (Å²) in [5, 5.41) is 12.2. The van der Waals surface area contributed by atoms with Crippen molar-refractivity contribution in [3.05, 3.63) is 53.6 Å². The van der Waals surface area contributed by atoms with Crippen molar-refractivity contribution in [1.82, 2.24) is 10.2 Å². The fraction of sp³-hybridized carbons (Fsp3) is 0.440. The van der Waals surface area contributed by atoms with Gasteiger partial charge in [0.15, 0.2) is 11.5 Å². The maximum atomic E-state index is 12.5. The summed E-state index contributed by atoms with van der Waals surface area (Å²) in [5.74, 6) is 0.982. The molecular formula is C25H34N2O6. The van der Waals surface area contributed by atoms with Crippen molar-refractivity contribution >= 4 is 12.0 Å². The lowest BCUT2D eigenvalue weighted by Crippen LogP contribution is -2.35. The fourth-order valence-electron chi connectivity index (χ4n) is 2.93. The molecule has 0 atom stereocenters. The van der Waals surface area contributed by atoms with Gasteiger partial charge in [-0.2, -0.15) is 0 Å². The highest BCUT2D eigenvalue weighted by atomic mass is 16.6. The van der Waals surface area contributed by atoms with Gasteiger partial charge in [0.25, 0.3) is 5.91 Å². The van der Waals surface area contributed by atoms with Crippen molar-refractivity contribution in [2.24, 2.45) is 0 Å². The average Bonchev–Trinajstić information content (AvgIpc) is 2.76. The van der Waals surface area contributed by atoms with E-state index in [0.29, 0.717) is 49.6 Å². The lowest BCUT2D eigenvalue weighted by molar-refractivity contribution is 0.0291. The van der Waals surface area contributed by atoms with Crippen molar-refractivity contribution in [2.75, 3.05) is 33.9 Å². The molecule has 2 aromatic carbocycles. The van der Waals surface area contributed by atoms with Gasteiger partial charge in [0.05, 0.1) is 13.7 Å². The molecule has 0 aromatic heterocycles. The number of nitrogens with one attached hydrogen (secondary N) is 1. The van der Waals surface area contributed by atoms with E-state index >= 15 is 0 Å². The molecule has 0 saturated carbocycles. The van der Waals surface area contributed by atoms with E-state index in [9.17, 15) is 14.7 Å². The Morgan fingerprint density at radius 2 is 1.76 bits per heavy atom. The van der Waals surface area contributed by atoms with Crippen LogP contribution in [-0.4, -0.2) is 61.5 Å². The van der Waals surface area contributed by atoms with Crippen molar-refractivity contribution in [3.8, 4) is 17.2 Å². The quantitative estimate of drug-likeness (QED) is 0.522. The van der Waals surface area contributed by atoms with Crippen LogP contribution >= 0.6 is 0 Å². The molecule has 0 saturated heterocycles. The van der Waals surface area contributed by atoms with Gasteiger partial charge in [0.1, 0.15) is 11.4 Å². The molecule has 0 heterocycles. The van der Waals surface area contributed by atoms with Gasteiger partial charge in [0, 0.05) is 25.7 Å². The van der Waals surface area contributed by atoms with Crippen LogP contribution in [0.4, 0.5) is 4.79 Å². The SMILES string of the molecule is COc1ccc(C(=O)NCCc2ccc(O)cc2)cc1OCCCN(C)C(=O)OC(C)(C)C. The number of methoxy groups -OCH3 is 1. The topological polar surface area (TPSA) is 97.3 Å². The number of hydrogen-bond donors (Lipinski definition) is 2. The monoisotopic (exact) mass is 458 g/mol. The lowest BCUT2D eigenvalue weighted by atomic mass is 10.1. The standard InChI is InChI=1S/C25H34N2O6/c1-25(2,3)33-24(30)27(4)15-6-16-32-22-17-19(9-12-21(22)31-5)23(29)26-14-13-18-7-10-20(28)11-8-18/h7-12,17,28H,6,13-16H2,1-5H3,(H,26,29). The Morgan fingerprint density at radius 3 is 2.39 bits per heavy atom. The number of benzene rings is 2. The van der Waals surface area contributed by atoms with E-state index in [0.717, 1.165) is 5.56 Å². The predicted molar refractivity (Wildman–Crippen MR) is 126 cm³/mol. The van der Waals surface area contributed by atoms with Crippen LogP contribution in [0.5, 0.6) is 17.2 Å². The molecule has 33 heavy (non-hydrogen) atoms. The summed E-state index contributed by atoms with van der Waals surface area (Å²) in [6, 6.07) is 11.9. The third-order valence-electron chi connectivity index (χ3n) is 4.66. The fourth-order valence-corrected chi connectivity index (χ4v) is 2.93. The molecule has 0 radical (unpaired) electrons. The molecule has 0 aliphatic rings. The number of phenolic OH excluding ortho intramolecular Hbond substituents is 1. The highest BCUT2D eigenvalue weighted by molar-refractivity contribution is 5.94. The number of ether oxygens (including phenoxy) is 3. The molecule has 0 unspecified atom stereocenters. The van der Waals surface area contributed by atoms with Crippen LogP contribution in [0.3, 0.4) is 0 Å². The van der Waals surface area contributed by atoms with Gasteiger partial charge in [-0.25, -0.2) is 4.79 Å². The van der Waals surface area contributed by atoms with Gasteiger partial charge < -0.3 is 29.5 Å². The first kappa shape index (κ1) is 25.8. The molecular weight excluding hydrogens is 424 g/mol. The van der Waals surface area contributed by atoms with Crippen LogP contribution in [0.15, 0.2) is 42.5 Å². The summed E-state index contributed by atoms with van der Waals surface area (Å²) in [5.41, 5.74) is 0.936. The van der Waals surface area contributed by atoms with Gasteiger partial charge in [-0.15, -0.1) is 0 Å². The first-order valence-electron chi connectivity index (χ1n) is 10.9. The van der Waals surface area contributed by atoms with Crippen LogP contribution in [-0.2, 0) is 11.2 Å². The van der Waals surface area contributed by atoms with Crippen LogP contribution in [0, 0.1) is 0 Å². The molecule has 0 fully saturated rings. The minimum absolute atomic E-state index is 0.213. The first-order chi connectivity index (χ1) is 15.6. The Bertz CT molecular complexity index is 921. The third kappa shape index (κ3) is 8.92. The molecule has 0 aliphatic carbocycles. The van der Waals surface area contributed by atoms with E-state index in [4.69, 9.17) is 14.2 Å². The van der Waals surface area contributed by atoms with Gasteiger partial charge in [-0.3, -0.25) is 4.79 Å². The second-order valence-corrected chi connectivity index (χ2v) is 8.64. The molecule has 180 valence electrons. The molecule has 8 nitrogen and oxygen atoms in total. The highest BCUT2D eigenvalue weighted by Crippen LogP contribution is 2.28. The maximum absolute atomic E-state index is 12.5. The number of aromatic hydroxyl groups is 1. The summed E-state index contributed by atoms with van der Waals surface area (Å²) in [6.45, 7) is 6.74. The van der Waals surface area contributed by atoms with Crippen LogP contribution < -0.4 is 14.8 Å². The first-order valence-corrected chi connectivity index (χ1v) is 10.9. The van der Waals surface area contributed by atoms with Crippen molar-refractivity contribution in [2.45, 2.75) is 39.2 Å². The van der Waals surface area contributed by atoms with E-state index < -0.39 is 5.60 Å². The largest absolute Gasteiger partial charge is 0.508 e. The molecule has 0 aliphatic heterocycles. The summed E-state index contributed by atoms with van der Waals surface area (Å²) < 4.78 is 16.5. The van der Waals surface area contributed by atoms with Crippen LogP contribution in [0.2, 0.25) is 0 Å². The van der Waals surface area contributed by atoms with Crippen molar-refractivity contribution in [3.63, 3.8) is 0 Å². The number of carbonyl (C=O) groups is 2. The number of hydrogen-bond acceptors (Lipinski definition) is 6. The highest BCUT2D eigenvalue weighted by Gasteiger charge is 2.19. The van der Waals surface area contributed by atoms with E-state index in [1.165, 1.54) is 12.0 Å². The Kier molecular flexibility index (Phi) is 9.39. The van der Waals surface area contributed by atoms with Crippen LogP contribution in [0.1, 0.15) is 43.1 Å². The lowest BCUT2D eigenvalue weighted by Gasteiger charge is -2.24. The zero-order chi connectivity index (χ0) is 24.4. The number of phenols is 1. The Balaban J connectivity index is 1.85. The smallest absolute Gasteiger partial charge is 0.410 e. The number of nitrogens with zero attached hydrogens (tertiary/aromatic N) is 1. The second-order valence-electron chi connectivity index (χ2n) is 8.64. The maximum Gasteiger partial charge on any atom is 0.410 e. The zero-order valence-corrected chi connectivity index (χ0v) is 20.0. The normalized spacial score (nSPS) is 10.9. The summed E-state index contributed by atoms with van der Waals surface area (Å²) in [4.78, 5) is 26.1. The third-order valence-corrected chi connectivity index (χ3v) is 4.66. The van der Waals surface area contributed by atoms with E-state index in [2.05, 4.69) is 5.32 Å². The molecule has 0 bridgehead atoms. The minimum atomic E-state index is -0.541. The summed E-state index contributed by atoms with van der Waals surface area (Å²) >= 11 is 0. The molecule has 2 rings (SSSR count). The van der Waals surface area contributed by atoms with Gasteiger partial charge >= 0.3 is 6.09 Å². The Labute approximate surface area is 195 Å². The second kappa shape index (κ2) is 12.0. The van der Waals surface area contributed by atoms with E-state index in [1.807, 2.05) is 32.9 Å². The van der Waals surface area contributed by atoms with Gasteiger partial charge in [-0.05, 0) is 69.5 Å². The predicted octanol–water partition coefficient (Wildman–Crippen LogP) is 4.01. The summed E-state index contributed by atoms with van der Waals surface area (Å²) in [7, 11) is 3.22. The van der Waals surface area contributed by atoms with E-state index in [1.54, 1.807) is 37.4 Å². The van der Waals surface area contributed by atoms with Crippen molar-refractivity contribution in [1.29, 1.82) is 0 Å². The zero-order valence-electron chi connectivity index (χ0n) is 20.0. The number of amides is 2. The average molecular weight is 459 g/mol. The number of rotatable bonds is 10. The van der Waals surface area contributed by atoms with Gasteiger partial charge in [-0.1, -0.05) is 12.1 Å². The Hall–Kier alpha value is -3.42. The van der Waals surface area contributed by atoms with E-state index in [-0.39, 0.29) is 17.7 Å². The molecule has 2 amide bonds. The van der Waals surface area contributed by atoms with Crippen molar-refractivity contribution < 1.29 is 28.9 Å². The molecule has 2 aromatic rings. The molecule has 0 spiro atoms. The molecule has 8 heteroatoms. The number of carbonyl (C=O) groups excluding carboxylic acids is 2. The minimum Gasteiger partial charge on any atom is -0.508 e. The molecule has 2 N–H and O–H groups in total. The Morgan fingerprint density at radius 1 is 1.06 bits per heavy atom. The van der Waals surface area contributed by atoms with Crippen LogP contribution in [0.25, 0.3) is 0 Å².